The van der Waals surface area contributed by atoms with Crippen molar-refractivity contribution in [2.24, 2.45) is 0 Å². The number of quaternary nitrogens is 1. The molecule has 77 heavy (non-hydrogen) atoms. The first-order valence-corrected chi connectivity index (χ1v) is 33.2. The van der Waals surface area contributed by atoms with Crippen LogP contribution in [0.5, 0.6) is 0 Å². The lowest BCUT2D eigenvalue weighted by Gasteiger charge is -2.29. The largest absolute Gasteiger partial charge is 0.756 e. The molecule has 9 heteroatoms. The average Bonchev–Trinajstić information content (AvgIpc) is 3.39. The van der Waals surface area contributed by atoms with E-state index in [4.69, 9.17) is 9.05 Å². The molecule has 0 aliphatic heterocycles. The summed E-state index contributed by atoms with van der Waals surface area (Å²) < 4.78 is 23.4. The van der Waals surface area contributed by atoms with Crippen LogP contribution in [0, 0.1) is 0 Å². The molecule has 0 aromatic heterocycles. The van der Waals surface area contributed by atoms with Crippen molar-refractivity contribution < 1.29 is 32.9 Å². The zero-order valence-electron chi connectivity index (χ0n) is 50.6. The molecule has 0 aromatic rings. The van der Waals surface area contributed by atoms with Crippen molar-refractivity contribution in [3.8, 4) is 0 Å². The van der Waals surface area contributed by atoms with E-state index < -0.39 is 20.0 Å². The second-order valence-corrected chi connectivity index (χ2v) is 23.8. The van der Waals surface area contributed by atoms with E-state index in [9.17, 15) is 19.4 Å². The van der Waals surface area contributed by atoms with Crippen molar-refractivity contribution in [3.63, 3.8) is 0 Å². The minimum absolute atomic E-state index is 0.00762. The van der Waals surface area contributed by atoms with E-state index in [1.54, 1.807) is 6.08 Å². The fraction of sp³-hybridized carbons (Fsp3) is 0.721. The minimum Gasteiger partial charge on any atom is -0.756 e. The third-order valence-corrected chi connectivity index (χ3v) is 14.7. The molecule has 3 unspecified atom stereocenters. The summed E-state index contributed by atoms with van der Waals surface area (Å²) in [6.07, 6.45) is 84.6. The molecule has 0 aromatic carbocycles. The first-order chi connectivity index (χ1) is 37.5. The predicted molar refractivity (Wildman–Crippen MR) is 334 cm³/mol. The Bertz CT molecular complexity index is 1620. The molecule has 0 radical (unpaired) electrons. The number of aliphatic hydroxyl groups is 1. The standard InChI is InChI=1S/C68H121N2O6P/c1-6-8-10-12-14-16-18-20-22-24-26-28-30-31-32-33-34-35-36-37-38-39-40-42-44-46-48-50-52-54-56-58-60-62-68(72)69-66(65-76-77(73,74)75-64-63-70(3,4)5)67(71)61-59-57-55-53-51-49-47-45-43-41-29-27-25-23-21-19-17-15-13-11-9-7-2/h8,10,14,16,20,22,26,28,31-32,34-35,37-38,40,42,59,61,66-67,71H,6-7,9,11-13,15,17-19,21,23-25,27,29-30,33,36,39,41,43-58,60,62-65H2,1-5H3,(H-,69,72,73,74)/b10-8-,16-14-,22-20-,28-26-,32-31-,35-34-,38-37-,42-40-,61-59+. The third kappa shape index (κ3) is 60.6. The van der Waals surface area contributed by atoms with Gasteiger partial charge in [-0.2, -0.15) is 0 Å². The number of phosphoric acid groups is 1. The van der Waals surface area contributed by atoms with Crippen molar-refractivity contribution in [1.82, 2.24) is 5.32 Å². The zero-order valence-corrected chi connectivity index (χ0v) is 51.5. The van der Waals surface area contributed by atoms with Crippen LogP contribution in [0.2, 0.25) is 0 Å². The minimum atomic E-state index is -4.61. The van der Waals surface area contributed by atoms with Crippen molar-refractivity contribution >= 4 is 13.7 Å². The van der Waals surface area contributed by atoms with Gasteiger partial charge in [0.15, 0.2) is 0 Å². The van der Waals surface area contributed by atoms with Crippen LogP contribution in [0.3, 0.4) is 0 Å². The lowest BCUT2D eigenvalue weighted by atomic mass is 10.0. The smallest absolute Gasteiger partial charge is 0.268 e. The van der Waals surface area contributed by atoms with E-state index in [0.717, 1.165) is 103 Å². The van der Waals surface area contributed by atoms with Crippen molar-refractivity contribution in [2.45, 2.75) is 276 Å². The lowest BCUT2D eigenvalue weighted by molar-refractivity contribution is -0.870. The molecule has 1 amide bonds. The number of amides is 1. The van der Waals surface area contributed by atoms with Gasteiger partial charge in [0, 0.05) is 6.42 Å². The summed E-state index contributed by atoms with van der Waals surface area (Å²) in [5, 5.41) is 13.9. The van der Waals surface area contributed by atoms with Crippen molar-refractivity contribution in [2.75, 3.05) is 40.9 Å². The molecule has 2 N–H and O–H groups in total. The highest BCUT2D eigenvalue weighted by Crippen LogP contribution is 2.38. The Morgan fingerprint density at radius 3 is 1.16 bits per heavy atom. The summed E-state index contributed by atoms with van der Waals surface area (Å²) >= 11 is 0. The first kappa shape index (κ1) is 74.2. The van der Waals surface area contributed by atoms with Crippen LogP contribution in [0.15, 0.2) is 109 Å². The fourth-order valence-corrected chi connectivity index (χ4v) is 9.54. The van der Waals surface area contributed by atoms with Gasteiger partial charge in [0.1, 0.15) is 13.2 Å². The zero-order chi connectivity index (χ0) is 56.3. The van der Waals surface area contributed by atoms with E-state index in [1.807, 2.05) is 27.2 Å². The number of unbranched alkanes of at least 4 members (excludes halogenated alkanes) is 28. The highest BCUT2D eigenvalue weighted by atomic mass is 31.2. The number of nitrogens with one attached hydrogen (secondary N) is 1. The predicted octanol–water partition coefficient (Wildman–Crippen LogP) is 19.3. The first-order valence-electron chi connectivity index (χ1n) is 31.7. The number of hydrogen-bond donors (Lipinski definition) is 2. The summed E-state index contributed by atoms with van der Waals surface area (Å²) in [6.45, 7) is 4.54. The van der Waals surface area contributed by atoms with Crippen LogP contribution in [0.25, 0.3) is 0 Å². The normalized spacial score (nSPS) is 14.5. The maximum Gasteiger partial charge on any atom is 0.268 e. The highest BCUT2D eigenvalue weighted by molar-refractivity contribution is 7.45. The van der Waals surface area contributed by atoms with Gasteiger partial charge in [-0.3, -0.25) is 9.36 Å². The Labute approximate surface area is 476 Å². The molecule has 0 heterocycles. The Kier molecular flexibility index (Phi) is 55.7. The van der Waals surface area contributed by atoms with Gasteiger partial charge in [0.2, 0.25) is 5.91 Å². The summed E-state index contributed by atoms with van der Waals surface area (Å²) in [6, 6.07) is -0.900. The second kappa shape index (κ2) is 57.8. The summed E-state index contributed by atoms with van der Waals surface area (Å²) in [4.78, 5) is 25.6. The maximum absolute atomic E-state index is 13.0. The molecule has 3 atom stereocenters. The molecule has 0 saturated heterocycles. The van der Waals surface area contributed by atoms with E-state index in [-0.39, 0.29) is 19.1 Å². The number of phosphoric ester groups is 1. The van der Waals surface area contributed by atoms with Crippen LogP contribution in [-0.4, -0.2) is 68.5 Å². The molecule has 444 valence electrons. The van der Waals surface area contributed by atoms with Gasteiger partial charge in [-0.05, 0) is 83.5 Å². The average molecular weight is 1090 g/mol. The van der Waals surface area contributed by atoms with Gasteiger partial charge in [-0.15, -0.1) is 0 Å². The Morgan fingerprint density at radius 2 is 0.792 bits per heavy atom. The van der Waals surface area contributed by atoms with E-state index in [1.165, 1.54) is 141 Å². The van der Waals surface area contributed by atoms with E-state index >= 15 is 0 Å². The number of carbonyl (C=O) groups is 1. The summed E-state index contributed by atoms with van der Waals surface area (Å²) in [7, 11) is 1.25. The number of rotatable bonds is 57. The SMILES string of the molecule is CC/C=C\C/C=C\C/C=C\C/C=C\C/C=C\C/C=C\C/C=C\C/C=C\CCCCCCCCCCC(=O)NC(COP(=O)([O-])OCC[N+](C)(C)C)C(O)/C=C/CCCCCCCCCCCCCCCCCCCCCC. The van der Waals surface area contributed by atoms with Crippen LogP contribution in [0.1, 0.15) is 264 Å². The van der Waals surface area contributed by atoms with Crippen LogP contribution >= 0.6 is 7.82 Å². The van der Waals surface area contributed by atoms with E-state index in [2.05, 4.69) is 116 Å². The van der Waals surface area contributed by atoms with Crippen molar-refractivity contribution in [3.05, 3.63) is 109 Å². The quantitative estimate of drug-likeness (QED) is 0.0272. The highest BCUT2D eigenvalue weighted by Gasteiger charge is 2.23. The maximum atomic E-state index is 13.0. The van der Waals surface area contributed by atoms with Gasteiger partial charge >= 0.3 is 0 Å². The molecule has 0 spiro atoms. The van der Waals surface area contributed by atoms with Gasteiger partial charge in [0.05, 0.1) is 39.9 Å². The monoisotopic (exact) mass is 1090 g/mol. The third-order valence-electron chi connectivity index (χ3n) is 13.7. The summed E-state index contributed by atoms with van der Waals surface area (Å²) in [5.41, 5.74) is 0. The molecular weight excluding hydrogens is 972 g/mol. The molecule has 0 saturated carbocycles. The van der Waals surface area contributed by atoms with Crippen LogP contribution in [0.4, 0.5) is 0 Å². The van der Waals surface area contributed by atoms with Crippen molar-refractivity contribution in [1.29, 1.82) is 0 Å². The molecule has 0 bridgehead atoms. The number of likely N-dealkylation sites (N-methyl/N-ethyl adjacent to an activating group) is 1. The molecule has 0 fully saturated rings. The molecular formula is C68H121N2O6P. The van der Waals surface area contributed by atoms with Gasteiger partial charge in [-0.1, -0.05) is 284 Å². The second-order valence-electron chi connectivity index (χ2n) is 22.4. The topological polar surface area (TPSA) is 108 Å². The Hall–Kier alpha value is -2.84. The Balaban J connectivity index is 4.21. The van der Waals surface area contributed by atoms with E-state index in [0.29, 0.717) is 17.4 Å². The molecule has 0 aliphatic carbocycles. The summed E-state index contributed by atoms with van der Waals surface area (Å²) in [5.74, 6) is -0.208. The van der Waals surface area contributed by atoms with Crippen LogP contribution in [-0.2, 0) is 18.4 Å². The Morgan fingerprint density at radius 1 is 0.468 bits per heavy atom. The number of carbonyl (C=O) groups excluding carboxylic acids is 1. The number of aliphatic hydroxyl groups excluding tert-OH is 1. The fourth-order valence-electron chi connectivity index (χ4n) is 8.82. The molecule has 0 aliphatic rings. The van der Waals surface area contributed by atoms with Crippen LogP contribution < -0.4 is 10.2 Å². The number of hydrogen-bond acceptors (Lipinski definition) is 6. The molecule has 8 nitrogen and oxygen atoms in total. The number of nitrogens with zero attached hydrogens (tertiary/aromatic N) is 1. The lowest BCUT2D eigenvalue weighted by Crippen LogP contribution is -2.45. The van der Waals surface area contributed by atoms with Gasteiger partial charge < -0.3 is 28.8 Å². The number of allylic oxidation sites excluding steroid dienone is 17. The van der Waals surface area contributed by atoms with Gasteiger partial charge in [-0.25, -0.2) is 0 Å². The molecule has 0 rings (SSSR count). The van der Waals surface area contributed by atoms with Gasteiger partial charge in [0.25, 0.3) is 7.82 Å².